The highest BCUT2D eigenvalue weighted by atomic mass is 79.9. The summed E-state index contributed by atoms with van der Waals surface area (Å²) >= 11 is 8.38. The van der Waals surface area contributed by atoms with Crippen LogP contribution in [-0.2, 0) is 19.1 Å². The van der Waals surface area contributed by atoms with E-state index < -0.39 is 23.0 Å². The predicted octanol–water partition coefficient (Wildman–Crippen LogP) is 3.70. The van der Waals surface area contributed by atoms with Crippen molar-refractivity contribution in [3.63, 3.8) is 0 Å². The highest BCUT2D eigenvalue weighted by molar-refractivity contribution is 9.12. The second-order valence-corrected chi connectivity index (χ2v) is 7.22. The van der Waals surface area contributed by atoms with Crippen molar-refractivity contribution in [1.82, 2.24) is 0 Å². The number of carbonyl (C=O) groups excluding carboxylic acids is 3. The number of alkyl halides is 2. The Labute approximate surface area is 150 Å². The molecule has 0 bridgehead atoms. The van der Waals surface area contributed by atoms with E-state index in [0.29, 0.717) is 0 Å². The molecule has 4 nitrogen and oxygen atoms in total. The van der Waals surface area contributed by atoms with E-state index in [2.05, 4.69) is 36.6 Å². The molecule has 0 spiro atoms. The Morgan fingerprint density at radius 3 is 2.27 bits per heavy atom. The van der Waals surface area contributed by atoms with E-state index in [1.54, 1.807) is 18.7 Å². The lowest BCUT2D eigenvalue weighted by Crippen LogP contribution is -2.26. The summed E-state index contributed by atoms with van der Waals surface area (Å²) in [6.45, 7) is 1.71. The van der Waals surface area contributed by atoms with Crippen molar-refractivity contribution in [1.29, 1.82) is 0 Å². The van der Waals surface area contributed by atoms with Crippen LogP contribution in [0.3, 0.4) is 0 Å². The molecule has 0 amide bonds. The summed E-state index contributed by atoms with van der Waals surface area (Å²) in [6.07, 6.45) is 1.51. The molecule has 120 valence electrons. The molecule has 2 unspecified atom stereocenters. The van der Waals surface area contributed by atoms with Crippen LogP contribution in [0.5, 0.6) is 0 Å². The van der Waals surface area contributed by atoms with Crippen molar-refractivity contribution in [2.75, 3.05) is 12.9 Å². The molecule has 0 N–H and O–H groups in total. The monoisotopic (exact) mass is 450 g/mol. The van der Waals surface area contributed by atoms with Crippen LogP contribution >= 0.6 is 43.6 Å². The number of hydrogen-bond donors (Lipinski definition) is 0. The van der Waals surface area contributed by atoms with Gasteiger partial charge in [-0.1, -0.05) is 44.0 Å². The molecule has 0 aliphatic carbocycles. The van der Waals surface area contributed by atoms with Gasteiger partial charge in [-0.15, -0.1) is 11.8 Å². The van der Waals surface area contributed by atoms with Crippen molar-refractivity contribution in [3.05, 3.63) is 29.8 Å². The van der Waals surface area contributed by atoms with Gasteiger partial charge in [0.25, 0.3) is 0 Å². The molecule has 0 aliphatic heterocycles. The largest absolute Gasteiger partial charge is 0.460 e. The number of hydrogen-bond acceptors (Lipinski definition) is 5. The number of esters is 1. The maximum atomic E-state index is 12.1. The zero-order valence-corrected chi connectivity index (χ0v) is 16.2. The summed E-state index contributed by atoms with van der Waals surface area (Å²) in [5.41, 5.74) is 0.914. The van der Waals surface area contributed by atoms with Gasteiger partial charge in [-0.05, 0) is 30.9 Å². The maximum absolute atomic E-state index is 12.1. The Hall–Kier alpha value is -0.660. The van der Waals surface area contributed by atoms with Crippen LogP contribution in [-0.4, -0.2) is 35.2 Å². The number of benzene rings is 1. The number of ketones is 2. The highest BCUT2D eigenvalue weighted by Crippen LogP contribution is 2.33. The third kappa shape index (κ3) is 5.52. The molecule has 0 saturated heterocycles. The SMILES string of the molecule is CCOC(=O)C(=O)CC(=O)C(Br)C(Br)c1ccc(SC)cc1. The first-order valence-electron chi connectivity index (χ1n) is 6.55. The van der Waals surface area contributed by atoms with Crippen LogP contribution in [0, 0.1) is 0 Å². The van der Waals surface area contributed by atoms with Crippen molar-refractivity contribution < 1.29 is 19.1 Å². The van der Waals surface area contributed by atoms with Gasteiger partial charge in [-0.25, -0.2) is 4.79 Å². The summed E-state index contributed by atoms with van der Waals surface area (Å²) in [6, 6.07) is 7.75. The number of rotatable bonds is 8. The molecule has 0 heterocycles. The lowest BCUT2D eigenvalue weighted by atomic mass is 10.0. The number of Topliss-reactive ketones (excluding diaryl/α,β-unsaturated/α-hetero) is 2. The summed E-state index contributed by atoms with van der Waals surface area (Å²) in [4.78, 5) is 35.1. The van der Waals surface area contributed by atoms with Crippen LogP contribution in [0.4, 0.5) is 0 Å². The van der Waals surface area contributed by atoms with Gasteiger partial charge in [0, 0.05) is 4.90 Å². The van der Waals surface area contributed by atoms with E-state index in [-0.39, 0.29) is 17.2 Å². The van der Waals surface area contributed by atoms with Gasteiger partial charge < -0.3 is 4.74 Å². The molecule has 0 aliphatic rings. The third-order valence-corrected chi connectivity index (χ3v) is 6.39. The zero-order chi connectivity index (χ0) is 16.7. The summed E-state index contributed by atoms with van der Waals surface area (Å²) in [5, 5.41) is 0. The minimum atomic E-state index is -0.967. The normalized spacial score (nSPS) is 13.3. The van der Waals surface area contributed by atoms with Gasteiger partial charge in [0.2, 0.25) is 5.78 Å². The van der Waals surface area contributed by atoms with E-state index in [9.17, 15) is 14.4 Å². The average Bonchev–Trinajstić information content (AvgIpc) is 2.53. The average molecular weight is 452 g/mol. The standard InChI is InChI=1S/C15H16Br2O4S/c1-3-21-15(20)12(19)8-11(18)14(17)13(16)9-4-6-10(22-2)7-5-9/h4-7,13-14H,3,8H2,1-2H3. The molecule has 0 fully saturated rings. The third-order valence-electron chi connectivity index (χ3n) is 2.84. The van der Waals surface area contributed by atoms with Crippen LogP contribution in [0.2, 0.25) is 0 Å². The van der Waals surface area contributed by atoms with Crippen molar-refractivity contribution in [3.8, 4) is 0 Å². The van der Waals surface area contributed by atoms with Gasteiger partial charge >= 0.3 is 5.97 Å². The molecule has 0 saturated carbocycles. The predicted molar refractivity (Wildman–Crippen MR) is 93.9 cm³/mol. The quantitative estimate of drug-likeness (QED) is 0.198. The van der Waals surface area contributed by atoms with Crippen molar-refractivity contribution >= 4 is 61.2 Å². The Balaban J connectivity index is 2.68. The van der Waals surface area contributed by atoms with E-state index in [1.165, 1.54) is 0 Å². The molecule has 0 aromatic heterocycles. The maximum Gasteiger partial charge on any atom is 0.375 e. The van der Waals surface area contributed by atoms with Gasteiger partial charge in [0.15, 0.2) is 5.78 Å². The number of ether oxygens (including phenoxy) is 1. The minimum Gasteiger partial charge on any atom is -0.460 e. The zero-order valence-electron chi connectivity index (χ0n) is 12.2. The Morgan fingerprint density at radius 2 is 1.77 bits per heavy atom. The van der Waals surface area contributed by atoms with E-state index in [1.807, 2.05) is 30.5 Å². The Bertz CT molecular complexity index is 545. The number of thioether (sulfide) groups is 1. The molecular formula is C15H16Br2O4S. The van der Waals surface area contributed by atoms with Gasteiger partial charge in [0.1, 0.15) is 0 Å². The molecule has 2 atom stereocenters. The van der Waals surface area contributed by atoms with Gasteiger partial charge in [-0.2, -0.15) is 0 Å². The van der Waals surface area contributed by atoms with Gasteiger partial charge in [-0.3, -0.25) is 9.59 Å². The molecule has 1 aromatic rings. The minimum absolute atomic E-state index is 0.110. The molecular weight excluding hydrogens is 436 g/mol. The second kappa shape index (κ2) is 9.47. The van der Waals surface area contributed by atoms with Crippen LogP contribution in [0.15, 0.2) is 29.2 Å². The molecule has 22 heavy (non-hydrogen) atoms. The van der Waals surface area contributed by atoms with Crippen LogP contribution in [0.1, 0.15) is 23.7 Å². The van der Waals surface area contributed by atoms with E-state index in [4.69, 9.17) is 0 Å². The fraction of sp³-hybridized carbons (Fsp3) is 0.400. The lowest BCUT2D eigenvalue weighted by molar-refractivity contribution is -0.154. The lowest BCUT2D eigenvalue weighted by Gasteiger charge is -2.16. The van der Waals surface area contributed by atoms with Gasteiger partial charge in [0.05, 0.1) is 22.7 Å². The molecule has 0 radical (unpaired) electrons. The Morgan fingerprint density at radius 1 is 1.18 bits per heavy atom. The first-order valence-corrected chi connectivity index (χ1v) is 9.61. The smallest absolute Gasteiger partial charge is 0.375 e. The van der Waals surface area contributed by atoms with E-state index in [0.717, 1.165) is 10.5 Å². The molecule has 1 rings (SSSR count). The van der Waals surface area contributed by atoms with E-state index >= 15 is 0 Å². The molecule has 7 heteroatoms. The summed E-state index contributed by atoms with van der Waals surface area (Å²) < 4.78 is 4.58. The summed E-state index contributed by atoms with van der Waals surface area (Å²) in [5.74, 6) is -2.16. The van der Waals surface area contributed by atoms with Crippen LogP contribution in [0.25, 0.3) is 0 Å². The second-order valence-electron chi connectivity index (χ2n) is 4.36. The van der Waals surface area contributed by atoms with Crippen LogP contribution < -0.4 is 0 Å². The number of halogens is 2. The van der Waals surface area contributed by atoms with Crippen molar-refractivity contribution in [2.24, 2.45) is 0 Å². The fourth-order valence-corrected chi connectivity index (χ4v) is 3.13. The highest BCUT2D eigenvalue weighted by Gasteiger charge is 2.28. The molecule has 1 aromatic carbocycles. The topological polar surface area (TPSA) is 60.4 Å². The first kappa shape index (κ1) is 19.4. The summed E-state index contributed by atoms with van der Waals surface area (Å²) in [7, 11) is 0. The fourth-order valence-electron chi connectivity index (χ4n) is 1.66. The van der Waals surface area contributed by atoms with Crippen molar-refractivity contribution in [2.45, 2.75) is 27.9 Å². The first-order chi connectivity index (χ1) is 10.4. The number of carbonyl (C=O) groups is 3. The Kier molecular flexibility index (Phi) is 8.35.